The number of nitrogens with zero attached hydrogens (tertiary/aromatic N) is 1. The highest BCUT2D eigenvalue weighted by atomic mass is 32.1. The molecule has 1 aromatic heterocycles. The molecule has 3 N–H and O–H groups in total. The Morgan fingerprint density at radius 1 is 1.29 bits per heavy atom. The minimum Gasteiger partial charge on any atom is -0.495 e. The summed E-state index contributed by atoms with van der Waals surface area (Å²) in [6, 6.07) is 7.05. The van der Waals surface area contributed by atoms with E-state index in [1.807, 2.05) is 6.07 Å². The molecule has 0 atom stereocenters. The van der Waals surface area contributed by atoms with Gasteiger partial charge < -0.3 is 15.4 Å². The van der Waals surface area contributed by atoms with Crippen LogP contribution in [-0.2, 0) is 11.2 Å². The summed E-state index contributed by atoms with van der Waals surface area (Å²) in [6.45, 7) is 0. The standard InChI is InChI=1S/C16H18N4O3S/c1-23-13-5-3-2-4-12(13)19-15(22)20-16-18-11(9-24-16)8-14(21)17-10-6-7-10/h2-5,9-10H,6-8H2,1H3,(H,17,21)(H2,18,19,20,22). The van der Waals surface area contributed by atoms with Crippen molar-refractivity contribution in [3.63, 3.8) is 0 Å². The predicted molar refractivity (Wildman–Crippen MR) is 92.6 cm³/mol. The first-order valence-corrected chi connectivity index (χ1v) is 8.47. The van der Waals surface area contributed by atoms with Gasteiger partial charge in [-0.05, 0) is 25.0 Å². The second-order valence-electron chi connectivity index (χ2n) is 5.44. The molecule has 24 heavy (non-hydrogen) atoms. The van der Waals surface area contributed by atoms with Gasteiger partial charge in [0.15, 0.2) is 5.13 Å². The first kappa shape index (κ1) is 16.3. The van der Waals surface area contributed by atoms with Crippen LogP contribution in [0.2, 0.25) is 0 Å². The summed E-state index contributed by atoms with van der Waals surface area (Å²) in [7, 11) is 1.54. The molecule has 0 bridgehead atoms. The normalized spacial score (nSPS) is 13.2. The van der Waals surface area contributed by atoms with Crippen LogP contribution in [0.3, 0.4) is 0 Å². The number of aromatic nitrogens is 1. The van der Waals surface area contributed by atoms with E-state index in [0.29, 0.717) is 28.3 Å². The molecule has 0 saturated heterocycles. The Labute approximate surface area is 143 Å². The van der Waals surface area contributed by atoms with Crippen LogP contribution >= 0.6 is 11.3 Å². The minimum absolute atomic E-state index is 0.0344. The van der Waals surface area contributed by atoms with E-state index in [9.17, 15) is 9.59 Å². The topological polar surface area (TPSA) is 92.3 Å². The van der Waals surface area contributed by atoms with Crippen LogP contribution in [0, 0.1) is 0 Å². The molecule has 0 radical (unpaired) electrons. The maximum absolute atomic E-state index is 12.0. The summed E-state index contributed by atoms with van der Waals surface area (Å²) in [6.07, 6.45) is 2.33. The van der Waals surface area contributed by atoms with Crippen LogP contribution in [0.15, 0.2) is 29.6 Å². The number of methoxy groups -OCH3 is 1. The summed E-state index contributed by atoms with van der Waals surface area (Å²) >= 11 is 1.28. The third-order valence-corrected chi connectivity index (χ3v) is 4.22. The van der Waals surface area contributed by atoms with E-state index in [2.05, 4.69) is 20.9 Å². The van der Waals surface area contributed by atoms with Gasteiger partial charge in [0.25, 0.3) is 0 Å². The average molecular weight is 346 g/mol. The fourth-order valence-electron chi connectivity index (χ4n) is 2.12. The van der Waals surface area contributed by atoms with E-state index in [4.69, 9.17) is 4.74 Å². The molecule has 1 heterocycles. The first-order chi connectivity index (χ1) is 11.6. The Morgan fingerprint density at radius 3 is 2.83 bits per heavy atom. The molecule has 1 aromatic carbocycles. The highest BCUT2D eigenvalue weighted by Crippen LogP contribution is 2.24. The van der Waals surface area contributed by atoms with Gasteiger partial charge >= 0.3 is 6.03 Å². The molecular formula is C16H18N4O3S. The third-order valence-electron chi connectivity index (χ3n) is 3.41. The van der Waals surface area contributed by atoms with Crippen LogP contribution in [0.1, 0.15) is 18.5 Å². The minimum atomic E-state index is -0.414. The quantitative estimate of drug-likeness (QED) is 0.750. The molecule has 3 amide bonds. The van der Waals surface area contributed by atoms with E-state index in [1.165, 1.54) is 18.4 Å². The molecule has 8 heteroatoms. The lowest BCUT2D eigenvalue weighted by Crippen LogP contribution is -2.27. The van der Waals surface area contributed by atoms with Gasteiger partial charge in [0.2, 0.25) is 5.91 Å². The van der Waals surface area contributed by atoms with Gasteiger partial charge in [-0.2, -0.15) is 0 Å². The molecule has 0 aliphatic heterocycles. The van der Waals surface area contributed by atoms with E-state index in [1.54, 1.807) is 23.6 Å². The number of carbonyl (C=O) groups excluding carboxylic acids is 2. The number of thiazole rings is 1. The lowest BCUT2D eigenvalue weighted by Gasteiger charge is -2.09. The van der Waals surface area contributed by atoms with Gasteiger partial charge in [-0.1, -0.05) is 12.1 Å². The second kappa shape index (κ2) is 7.31. The van der Waals surface area contributed by atoms with Crippen molar-refractivity contribution in [2.45, 2.75) is 25.3 Å². The van der Waals surface area contributed by atoms with E-state index < -0.39 is 6.03 Å². The van der Waals surface area contributed by atoms with E-state index >= 15 is 0 Å². The number of ether oxygens (including phenoxy) is 1. The molecule has 0 spiro atoms. The SMILES string of the molecule is COc1ccccc1NC(=O)Nc1nc(CC(=O)NC2CC2)cs1. The number of urea groups is 1. The van der Waals surface area contributed by atoms with Gasteiger partial charge in [0.05, 0.1) is 24.9 Å². The molecule has 126 valence electrons. The average Bonchev–Trinajstić information content (AvgIpc) is 3.26. The van der Waals surface area contributed by atoms with Gasteiger partial charge in [-0.25, -0.2) is 9.78 Å². The maximum Gasteiger partial charge on any atom is 0.325 e. The van der Waals surface area contributed by atoms with Crippen molar-refractivity contribution in [2.75, 3.05) is 17.7 Å². The van der Waals surface area contributed by atoms with Crippen molar-refractivity contribution in [1.82, 2.24) is 10.3 Å². The summed E-state index contributed by atoms with van der Waals surface area (Å²) in [4.78, 5) is 28.0. The zero-order valence-corrected chi connectivity index (χ0v) is 14.0. The number of nitrogens with one attached hydrogen (secondary N) is 3. The van der Waals surface area contributed by atoms with E-state index in [0.717, 1.165) is 12.8 Å². The van der Waals surface area contributed by atoms with Crippen molar-refractivity contribution < 1.29 is 14.3 Å². The summed E-state index contributed by atoms with van der Waals surface area (Å²) in [5, 5.41) is 10.5. The second-order valence-corrected chi connectivity index (χ2v) is 6.30. The zero-order valence-electron chi connectivity index (χ0n) is 13.2. The fraction of sp³-hybridized carbons (Fsp3) is 0.312. The monoisotopic (exact) mass is 346 g/mol. The lowest BCUT2D eigenvalue weighted by atomic mass is 10.3. The number of amides is 3. The van der Waals surface area contributed by atoms with Crippen LogP contribution in [0.5, 0.6) is 5.75 Å². The van der Waals surface area contributed by atoms with Crippen molar-refractivity contribution in [3.05, 3.63) is 35.3 Å². The largest absolute Gasteiger partial charge is 0.495 e. The Balaban J connectivity index is 1.53. The maximum atomic E-state index is 12.0. The Morgan fingerprint density at radius 2 is 2.08 bits per heavy atom. The number of para-hydroxylation sites is 2. The number of hydrogen-bond acceptors (Lipinski definition) is 5. The Kier molecular flexibility index (Phi) is 4.95. The smallest absolute Gasteiger partial charge is 0.325 e. The first-order valence-electron chi connectivity index (χ1n) is 7.59. The molecule has 2 aromatic rings. The molecule has 0 unspecified atom stereocenters. The summed E-state index contributed by atoms with van der Waals surface area (Å²) in [5.74, 6) is 0.539. The molecule has 7 nitrogen and oxygen atoms in total. The molecule has 1 aliphatic carbocycles. The van der Waals surface area contributed by atoms with Crippen molar-refractivity contribution >= 4 is 34.1 Å². The molecule has 1 aliphatic rings. The number of rotatable bonds is 6. The molecule has 3 rings (SSSR count). The van der Waals surface area contributed by atoms with E-state index in [-0.39, 0.29) is 12.3 Å². The van der Waals surface area contributed by atoms with Gasteiger partial charge in [-0.15, -0.1) is 11.3 Å². The summed E-state index contributed by atoms with van der Waals surface area (Å²) in [5.41, 5.74) is 1.21. The van der Waals surface area contributed by atoms with Crippen LogP contribution in [0.4, 0.5) is 15.6 Å². The van der Waals surface area contributed by atoms with Crippen molar-refractivity contribution in [1.29, 1.82) is 0 Å². The predicted octanol–water partition coefficient (Wildman–Crippen LogP) is 2.62. The van der Waals surface area contributed by atoms with Crippen LogP contribution < -0.4 is 20.7 Å². The van der Waals surface area contributed by atoms with Crippen molar-refractivity contribution in [2.24, 2.45) is 0 Å². The Bertz CT molecular complexity index is 742. The highest BCUT2D eigenvalue weighted by Gasteiger charge is 2.23. The number of benzene rings is 1. The zero-order chi connectivity index (χ0) is 16.9. The van der Waals surface area contributed by atoms with Crippen molar-refractivity contribution in [3.8, 4) is 5.75 Å². The fourth-order valence-corrected chi connectivity index (χ4v) is 2.82. The third kappa shape index (κ3) is 4.45. The number of carbonyl (C=O) groups is 2. The molecule has 1 fully saturated rings. The molecular weight excluding hydrogens is 328 g/mol. The van der Waals surface area contributed by atoms with Crippen LogP contribution in [0.25, 0.3) is 0 Å². The molecule has 1 saturated carbocycles. The number of anilines is 2. The Hall–Kier alpha value is -2.61. The summed E-state index contributed by atoms with van der Waals surface area (Å²) < 4.78 is 5.18. The van der Waals surface area contributed by atoms with Gasteiger partial charge in [0, 0.05) is 11.4 Å². The van der Waals surface area contributed by atoms with Gasteiger partial charge in [0.1, 0.15) is 5.75 Å². The van der Waals surface area contributed by atoms with Crippen LogP contribution in [-0.4, -0.2) is 30.1 Å². The van der Waals surface area contributed by atoms with Gasteiger partial charge in [-0.3, -0.25) is 10.1 Å². The number of hydrogen-bond donors (Lipinski definition) is 3. The lowest BCUT2D eigenvalue weighted by molar-refractivity contribution is -0.120. The highest BCUT2D eigenvalue weighted by molar-refractivity contribution is 7.14.